The Morgan fingerprint density at radius 2 is 1.46 bits per heavy atom. The molecule has 1 unspecified atom stereocenters. The third-order valence-corrected chi connectivity index (χ3v) is 4.71. The molecule has 1 aromatic rings. The number of carbonyl (C=O) groups is 1. The highest BCUT2D eigenvalue weighted by atomic mass is 16.5. The molecular weight excluding hydrogens is 296 g/mol. The molecule has 0 bridgehead atoms. The van der Waals surface area contributed by atoms with E-state index in [-0.39, 0.29) is 11.9 Å². The molecule has 0 aromatic heterocycles. The number of rotatable bonds is 14. The second kappa shape index (κ2) is 14.1. The number of hydrogen-bond acceptors (Lipinski definition) is 2. The molecule has 2 heteroatoms. The van der Waals surface area contributed by atoms with Crippen LogP contribution in [0.4, 0.5) is 0 Å². The van der Waals surface area contributed by atoms with E-state index < -0.39 is 0 Å². The molecule has 0 saturated carbocycles. The van der Waals surface area contributed by atoms with Crippen LogP contribution in [-0.2, 0) is 16.1 Å². The number of ether oxygens (including phenoxy) is 1. The summed E-state index contributed by atoms with van der Waals surface area (Å²) in [5.41, 5.74) is 1.06. The standard InChI is InChI=1S/C22H36O2/c1-3-5-6-7-8-9-10-11-15-18-21(4-2)22(23)24-19-20-16-13-12-14-17-20/h12-14,16-17,21H,3-11,15,18-19H2,1-2H3. The van der Waals surface area contributed by atoms with Gasteiger partial charge in [0.1, 0.15) is 6.61 Å². The Morgan fingerprint density at radius 3 is 2.04 bits per heavy atom. The fraction of sp³-hybridized carbons (Fsp3) is 0.682. The first kappa shape index (κ1) is 20.7. The van der Waals surface area contributed by atoms with E-state index in [0.717, 1.165) is 24.8 Å². The van der Waals surface area contributed by atoms with Crippen LogP contribution in [0.15, 0.2) is 30.3 Å². The first-order valence-corrected chi connectivity index (χ1v) is 9.98. The van der Waals surface area contributed by atoms with Crippen molar-refractivity contribution >= 4 is 5.97 Å². The lowest BCUT2D eigenvalue weighted by molar-refractivity contribution is -0.150. The number of carbonyl (C=O) groups excluding carboxylic acids is 1. The summed E-state index contributed by atoms with van der Waals surface area (Å²) in [5.74, 6) is 0.0409. The summed E-state index contributed by atoms with van der Waals surface area (Å²) in [6.07, 6.45) is 13.7. The van der Waals surface area contributed by atoms with Gasteiger partial charge in [-0.1, -0.05) is 102 Å². The van der Waals surface area contributed by atoms with Crippen LogP contribution in [0.2, 0.25) is 0 Å². The Labute approximate surface area is 149 Å². The van der Waals surface area contributed by atoms with Gasteiger partial charge in [-0.25, -0.2) is 0 Å². The zero-order valence-electron chi connectivity index (χ0n) is 15.8. The number of unbranched alkanes of at least 4 members (excludes halogenated alkanes) is 8. The van der Waals surface area contributed by atoms with Gasteiger partial charge in [-0.3, -0.25) is 4.79 Å². The van der Waals surface area contributed by atoms with E-state index in [1.807, 2.05) is 30.3 Å². The zero-order valence-corrected chi connectivity index (χ0v) is 15.8. The molecule has 0 radical (unpaired) electrons. The molecule has 0 aliphatic carbocycles. The van der Waals surface area contributed by atoms with E-state index in [0.29, 0.717) is 6.61 Å². The Bertz CT molecular complexity index is 413. The average Bonchev–Trinajstić information content (AvgIpc) is 2.62. The van der Waals surface area contributed by atoms with E-state index in [1.54, 1.807) is 0 Å². The van der Waals surface area contributed by atoms with Crippen molar-refractivity contribution in [2.45, 2.75) is 91.1 Å². The van der Waals surface area contributed by atoms with E-state index in [4.69, 9.17) is 4.74 Å². The molecule has 24 heavy (non-hydrogen) atoms. The molecule has 0 aliphatic rings. The molecule has 1 aromatic carbocycles. The van der Waals surface area contributed by atoms with Crippen LogP contribution in [-0.4, -0.2) is 5.97 Å². The molecule has 0 heterocycles. The van der Waals surface area contributed by atoms with Gasteiger partial charge in [-0.2, -0.15) is 0 Å². The van der Waals surface area contributed by atoms with Crippen LogP contribution in [0.3, 0.4) is 0 Å². The fourth-order valence-corrected chi connectivity index (χ4v) is 3.04. The second-order valence-electron chi connectivity index (χ2n) is 6.82. The Kier molecular flexibility index (Phi) is 12.2. The summed E-state index contributed by atoms with van der Waals surface area (Å²) in [7, 11) is 0. The van der Waals surface area contributed by atoms with Gasteiger partial charge in [0.05, 0.1) is 5.92 Å². The predicted molar refractivity (Wildman–Crippen MR) is 102 cm³/mol. The highest BCUT2D eigenvalue weighted by Gasteiger charge is 2.17. The highest BCUT2D eigenvalue weighted by Crippen LogP contribution is 2.18. The summed E-state index contributed by atoms with van der Waals surface area (Å²) in [6, 6.07) is 9.92. The normalized spacial score (nSPS) is 12.1. The van der Waals surface area contributed by atoms with Crippen LogP contribution in [0.5, 0.6) is 0 Å². The summed E-state index contributed by atoms with van der Waals surface area (Å²) in [6.45, 7) is 4.74. The molecular formula is C22H36O2. The van der Waals surface area contributed by atoms with Gasteiger partial charge in [0.25, 0.3) is 0 Å². The fourth-order valence-electron chi connectivity index (χ4n) is 3.04. The van der Waals surface area contributed by atoms with Gasteiger partial charge in [0.15, 0.2) is 0 Å². The van der Waals surface area contributed by atoms with Crippen molar-refractivity contribution in [3.63, 3.8) is 0 Å². The molecule has 0 spiro atoms. The van der Waals surface area contributed by atoms with Gasteiger partial charge in [0.2, 0.25) is 0 Å². The minimum absolute atomic E-state index is 0.0269. The van der Waals surface area contributed by atoms with Crippen molar-refractivity contribution in [2.75, 3.05) is 0 Å². The summed E-state index contributed by atoms with van der Waals surface area (Å²) in [5, 5.41) is 0. The predicted octanol–water partition coefficient (Wildman–Crippen LogP) is 6.68. The van der Waals surface area contributed by atoms with Crippen LogP contribution in [0.1, 0.15) is 90.0 Å². The Morgan fingerprint density at radius 1 is 0.875 bits per heavy atom. The molecule has 0 amide bonds. The maximum absolute atomic E-state index is 12.2. The molecule has 0 saturated heterocycles. The zero-order chi connectivity index (χ0) is 17.5. The lowest BCUT2D eigenvalue weighted by Gasteiger charge is -2.14. The molecule has 0 aliphatic heterocycles. The highest BCUT2D eigenvalue weighted by molar-refractivity contribution is 5.72. The van der Waals surface area contributed by atoms with Crippen molar-refractivity contribution in [3.8, 4) is 0 Å². The number of esters is 1. The minimum atomic E-state index is -0.0269. The van der Waals surface area contributed by atoms with E-state index in [9.17, 15) is 4.79 Å². The first-order valence-electron chi connectivity index (χ1n) is 9.98. The molecule has 136 valence electrons. The third-order valence-electron chi connectivity index (χ3n) is 4.71. The number of benzene rings is 1. The number of hydrogen-bond donors (Lipinski definition) is 0. The summed E-state index contributed by atoms with van der Waals surface area (Å²) >= 11 is 0. The van der Waals surface area contributed by atoms with E-state index >= 15 is 0 Å². The van der Waals surface area contributed by atoms with Gasteiger partial charge in [-0.15, -0.1) is 0 Å². The largest absolute Gasteiger partial charge is 0.461 e. The SMILES string of the molecule is CCCCCCCCCCCC(CC)C(=O)OCc1ccccc1. The van der Waals surface area contributed by atoms with Crippen molar-refractivity contribution in [1.82, 2.24) is 0 Å². The van der Waals surface area contributed by atoms with Crippen LogP contribution in [0, 0.1) is 5.92 Å². The lowest BCUT2D eigenvalue weighted by atomic mass is 9.98. The monoisotopic (exact) mass is 332 g/mol. The van der Waals surface area contributed by atoms with E-state index in [1.165, 1.54) is 51.4 Å². The quantitative estimate of drug-likeness (QED) is 0.281. The molecule has 1 atom stereocenters. The summed E-state index contributed by atoms with van der Waals surface area (Å²) < 4.78 is 5.48. The lowest BCUT2D eigenvalue weighted by Crippen LogP contribution is -2.17. The maximum atomic E-state index is 12.2. The smallest absolute Gasteiger partial charge is 0.309 e. The van der Waals surface area contributed by atoms with Crippen molar-refractivity contribution < 1.29 is 9.53 Å². The molecule has 2 nitrogen and oxygen atoms in total. The Hall–Kier alpha value is -1.31. The molecule has 0 fully saturated rings. The second-order valence-corrected chi connectivity index (χ2v) is 6.82. The third kappa shape index (κ3) is 9.75. The molecule has 1 rings (SSSR count). The van der Waals surface area contributed by atoms with Crippen LogP contribution >= 0.6 is 0 Å². The topological polar surface area (TPSA) is 26.3 Å². The minimum Gasteiger partial charge on any atom is -0.461 e. The summed E-state index contributed by atoms with van der Waals surface area (Å²) in [4.78, 5) is 12.2. The van der Waals surface area contributed by atoms with Crippen LogP contribution < -0.4 is 0 Å². The Balaban J connectivity index is 2.07. The molecule has 0 N–H and O–H groups in total. The first-order chi connectivity index (χ1) is 11.8. The average molecular weight is 333 g/mol. The maximum Gasteiger partial charge on any atom is 0.309 e. The van der Waals surface area contributed by atoms with E-state index in [2.05, 4.69) is 13.8 Å². The van der Waals surface area contributed by atoms with Gasteiger partial charge in [-0.05, 0) is 18.4 Å². The van der Waals surface area contributed by atoms with Crippen molar-refractivity contribution in [2.24, 2.45) is 5.92 Å². The van der Waals surface area contributed by atoms with Crippen LogP contribution in [0.25, 0.3) is 0 Å². The van der Waals surface area contributed by atoms with Gasteiger partial charge < -0.3 is 4.74 Å². The van der Waals surface area contributed by atoms with Gasteiger partial charge in [0, 0.05) is 0 Å². The van der Waals surface area contributed by atoms with Crippen molar-refractivity contribution in [3.05, 3.63) is 35.9 Å². The van der Waals surface area contributed by atoms with Gasteiger partial charge >= 0.3 is 5.97 Å². The van der Waals surface area contributed by atoms with Crippen molar-refractivity contribution in [1.29, 1.82) is 0 Å².